The van der Waals surface area contributed by atoms with Crippen LogP contribution in [0.3, 0.4) is 0 Å². The second-order valence-electron chi connectivity index (χ2n) is 12.1. The van der Waals surface area contributed by atoms with E-state index in [1.54, 1.807) is 13.8 Å². The third-order valence-corrected chi connectivity index (χ3v) is 10.5. The van der Waals surface area contributed by atoms with Gasteiger partial charge in [0.25, 0.3) is 0 Å². The molecule has 1 spiro atoms. The van der Waals surface area contributed by atoms with Crippen molar-refractivity contribution in [1.82, 2.24) is 16.0 Å². The third kappa shape index (κ3) is 9.73. The molecule has 0 radical (unpaired) electrons. The van der Waals surface area contributed by atoms with Crippen molar-refractivity contribution < 1.29 is 33.1 Å². The van der Waals surface area contributed by atoms with Gasteiger partial charge in [0.05, 0.1) is 24.7 Å². The number of rotatable bonds is 10. The van der Waals surface area contributed by atoms with Crippen LogP contribution in [-0.2, 0) is 34.4 Å². The molecule has 2 aliphatic heterocycles. The predicted molar refractivity (Wildman–Crippen MR) is 166 cm³/mol. The van der Waals surface area contributed by atoms with E-state index in [1.807, 2.05) is 56.3 Å². The van der Waals surface area contributed by atoms with Crippen molar-refractivity contribution >= 4 is 25.3 Å². The zero-order valence-electron chi connectivity index (χ0n) is 26.1. The van der Waals surface area contributed by atoms with E-state index in [0.29, 0.717) is 38.6 Å². The van der Waals surface area contributed by atoms with Crippen molar-refractivity contribution in [2.24, 2.45) is 17.3 Å². The number of aliphatic hydroxyl groups is 1. The molecule has 0 bridgehead atoms. The molecule has 4 N–H and O–H groups in total. The van der Waals surface area contributed by atoms with Crippen molar-refractivity contribution in [3.8, 4) is 0 Å². The first kappa shape index (κ1) is 35.0. The summed E-state index contributed by atoms with van der Waals surface area (Å²) in [5, 5.41) is 20.3. The number of aliphatic hydroxyl groups excluding tert-OH is 1. The number of benzene rings is 1. The van der Waals surface area contributed by atoms with Crippen LogP contribution in [0.5, 0.6) is 0 Å². The maximum Gasteiger partial charge on any atom is 0.360 e. The molecule has 1 aromatic rings. The molecule has 4 unspecified atom stereocenters. The standard InChI is InChI=1S/C32H50N3O7P/c1-5-41-43(40,42-6-2)30(38)27-22-32(18-19-33-31(32)39)17-13-8-7-12-16-25(21-24-14-10-9-11-15-24)28(36)34-26(20-23(3)4)29(37)35-27/h8-11,13-15,23,25-27,30,38H,5-7,12,16-22H2,1-4H3,(H,33,39)(H,34,36)(H,35,37)/b13-8+/t25?,26-,27?,30?,32?/m0/s1. The fraction of sp³-hybridized carbons (Fsp3) is 0.656. The monoisotopic (exact) mass is 619 g/mol. The number of hydrogen-bond acceptors (Lipinski definition) is 7. The first-order chi connectivity index (χ1) is 20.5. The van der Waals surface area contributed by atoms with Crippen molar-refractivity contribution in [2.45, 2.75) is 97.0 Å². The van der Waals surface area contributed by atoms with Crippen LogP contribution in [0.25, 0.3) is 0 Å². The van der Waals surface area contributed by atoms with Gasteiger partial charge in [0.1, 0.15) is 6.04 Å². The summed E-state index contributed by atoms with van der Waals surface area (Å²) in [6.45, 7) is 7.73. The van der Waals surface area contributed by atoms with Crippen LogP contribution in [0.4, 0.5) is 0 Å². The molecule has 1 aromatic carbocycles. The lowest BCUT2D eigenvalue weighted by Crippen LogP contribution is -2.55. The molecular formula is C32H50N3O7P. The number of hydrogen-bond donors (Lipinski definition) is 4. The van der Waals surface area contributed by atoms with Crippen LogP contribution >= 0.6 is 7.60 Å². The third-order valence-electron chi connectivity index (χ3n) is 8.25. The molecule has 2 heterocycles. The van der Waals surface area contributed by atoms with Crippen LogP contribution in [0, 0.1) is 17.3 Å². The first-order valence-corrected chi connectivity index (χ1v) is 17.3. The highest BCUT2D eigenvalue weighted by Gasteiger charge is 2.49. The van der Waals surface area contributed by atoms with Crippen molar-refractivity contribution in [1.29, 1.82) is 0 Å². The Labute approximate surface area is 256 Å². The summed E-state index contributed by atoms with van der Waals surface area (Å²) in [4.78, 5) is 40.8. The SMILES string of the molecule is CCOP(=O)(OCC)C(O)C1CC2(C/C=C/CCCC(Cc3ccccc3)C(=O)N[C@@H](CC(C)C)C(=O)N1)CCNC2=O. The number of carbonyl (C=O) groups excluding carboxylic acids is 3. The topological polar surface area (TPSA) is 143 Å². The second kappa shape index (κ2) is 16.5. The summed E-state index contributed by atoms with van der Waals surface area (Å²) >= 11 is 0. The zero-order valence-corrected chi connectivity index (χ0v) is 26.9. The van der Waals surface area contributed by atoms with Gasteiger partial charge in [0.2, 0.25) is 17.7 Å². The number of allylic oxidation sites excluding steroid dienone is 2. The molecule has 2 aliphatic rings. The molecule has 0 saturated carbocycles. The predicted octanol–water partition coefficient (Wildman–Crippen LogP) is 4.47. The highest BCUT2D eigenvalue weighted by Crippen LogP contribution is 2.54. The van der Waals surface area contributed by atoms with Gasteiger partial charge in [-0.25, -0.2) is 0 Å². The summed E-state index contributed by atoms with van der Waals surface area (Å²) in [7, 11) is -4.09. The Morgan fingerprint density at radius 1 is 1.02 bits per heavy atom. The number of nitrogens with one attached hydrogen (secondary N) is 3. The minimum Gasteiger partial charge on any atom is -0.379 e. The summed E-state index contributed by atoms with van der Waals surface area (Å²) in [6.07, 6.45) is 7.96. The Kier molecular flexibility index (Phi) is 13.4. The van der Waals surface area contributed by atoms with Crippen LogP contribution in [-0.4, -0.2) is 60.5 Å². The molecule has 3 amide bonds. The largest absolute Gasteiger partial charge is 0.379 e. The Hall–Kier alpha value is -2.52. The van der Waals surface area contributed by atoms with Crippen molar-refractivity contribution in [2.75, 3.05) is 19.8 Å². The summed E-state index contributed by atoms with van der Waals surface area (Å²) in [5.41, 5.74) is 0.117. The smallest absolute Gasteiger partial charge is 0.360 e. The number of carbonyl (C=O) groups is 3. The van der Waals surface area contributed by atoms with E-state index in [2.05, 4.69) is 16.0 Å². The Morgan fingerprint density at radius 3 is 2.33 bits per heavy atom. The van der Waals surface area contributed by atoms with E-state index in [-0.39, 0.29) is 43.3 Å². The summed E-state index contributed by atoms with van der Waals surface area (Å²) in [5.74, 6) is -2.88. The van der Waals surface area contributed by atoms with E-state index >= 15 is 0 Å². The van der Waals surface area contributed by atoms with Gasteiger partial charge in [-0.2, -0.15) is 0 Å². The second-order valence-corrected chi connectivity index (χ2v) is 14.2. The molecule has 240 valence electrons. The van der Waals surface area contributed by atoms with Gasteiger partial charge < -0.3 is 30.1 Å². The lowest BCUT2D eigenvalue weighted by Gasteiger charge is -2.36. The fourth-order valence-corrected chi connectivity index (χ4v) is 7.74. The Balaban J connectivity index is 2.01. The van der Waals surface area contributed by atoms with Gasteiger partial charge in [-0.1, -0.05) is 56.3 Å². The van der Waals surface area contributed by atoms with Crippen molar-refractivity contribution in [3.63, 3.8) is 0 Å². The van der Waals surface area contributed by atoms with Gasteiger partial charge in [0, 0.05) is 12.5 Å². The van der Waals surface area contributed by atoms with Gasteiger partial charge >= 0.3 is 7.60 Å². The van der Waals surface area contributed by atoms with Crippen LogP contribution in [0.1, 0.15) is 78.2 Å². The van der Waals surface area contributed by atoms with Gasteiger partial charge in [-0.05, 0) is 76.7 Å². The van der Waals surface area contributed by atoms with E-state index in [9.17, 15) is 24.1 Å². The fourth-order valence-electron chi connectivity index (χ4n) is 6.02. The van der Waals surface area contributed by atoms with E-state index in [0.717, 1.165) is 18.4 Å². The lowest BCUT2D eigenvalue weighted by atomic mass is 9.77. The van der Waals surface area contributed by atoms with Crippen LogP contribution < -0.4 is 16.0 Å². The van der Waals surface area contributed by atoms with Gasteiger partial charge in [-0.15, -0.1) is 0 Å². The van der Waals surface area contributed by atoms with Crippen molar-refractivity contribution in [3.05, 3.63) is 48.0 Å². The number of amides is 3. The van der Waals surface area contributed by atoms with Crippen LogP contribution in [0.2, 0.25) is 0 Å². The maximum atomic E-state index is 13.9. The highest BCUT2D eigenvalue weighted by molar-refractivity contribution is 7.54. The summed E-state index contributed by atoms with van der Waals surface area (Å²) in [6, 6.07) is 7.79. The molecule has 43 heavy (non-hydrogen) atoms. The molecule has 5 atom stereocenters. The minimum absolute atomic E-state index is 0.0260. The van der Waals surface area contributed by atoms with Gasteiger partial charge in [-0.3, -0.25) is 18.9 Å². The molecule has 10 nitrogen and oxygen atoms in total. The molecule has 1 fully saturated rings. The quantitative estimate of drug-likeness (QED) is 0.224. The van der Waals surface area contributed by atoms with E-state index in [1.165, 1.54) is 0 Å². The molecule has 3 rings (SSSR count). The Bertz CT molecular complexity index is 1140. The molecule has 11 heteroatoms. The van der Waals surface area contributed by atoms with E-state index < -0.39 is 36.8 Å². The van der Waals surface area contributed by atoms with Crippen LogP contribution in [0.15, 0.2) is 42.5 Å². The molecule has 0 aliphatic carbocycles. The highest BCUT2D eigenvalue weighted by atomic mass is 31.2. The normalized spacial score (nSPS) is 27.6. The zero-order chi connectivity index (χ0) is 31.5. The molecule has 1 saturated heterocycles. The lowest BCUT2D eigenvalue weighted by molar-refractivity contribution is -0.133. The Morgan fingerprint density at radius 2 is 1.72 bits per heavy atom. The summed E-state index contributed by atoms with van der Waals surface area (Å²) < 4.78 is 24.6. The van der Waals surface area contributed by atoms with E-state index in [4.69, 9.17) is 9.05 Å². The molecule has 0 aromatic heterocycles. The van der Waals surface area contributed by atoms with Gasteiger partial charge in [0.15, 0.2) is 5.85 Å². The minimum atomic E-state index is -4.09. The maximum absolute atomic E-state index is 13.9. The average Bonchev–Trinajstić information content (AvgIpc) is 3.32. The first-order valence-electron chi connectivity index (χ1n) is 15.7. The molecular weight excluding hydrogens is 569 g/mol. The average molecular weight is 620 g/mol.